The van der Waals surface area contributed by atoms with Crippen molar-refractivity contribution in [3.63, 3.8) is 0 Å². The first kappa shape index (κ1) is 7.60. The molecular weight excluding hydrogens is 140 g/mol. The van der Waals surface area contributed by atoms with Gasteiger partial charge in [0.2, 0.25) is 5.56 Å². The van der Waals surface area contributed by atoms with Crippen LogP contribution in [0.4, 0.5) is 5.69 Å². The summed E-state index contributed by atoms with van der Waals surface area (Å²) in [5, 5.41) is 0. The van der Waals surface area contributed by atoms with E-state index in [0.717, 1.165) is 5.69 Å². The Kier molecular flexibility index (Phi) is 2.11. The van der Waals surface area contributed by atoms with Crippen molar-refractivity contribution in [2.45, 2.75) is 0 Å². The monoisotopic (exact) mass is 150 g/mol. The third-order valence-corrected chi connectivity index (χ3v) is 1.44. The van der Waals surface area contributed by atoms with E-state index in [1.165, 1.54) is 6.07 Å². The van der Waals surface area contributed by atoms with E-state index in [2.05, 4.69) is 11.6 Å². The van der Waals surface area contributed by atoms with E-state index < -0.39 is 0 Å². The summed E-state index contributed by atoms with van der Waals surface area (Å²) in [6.07, 6.45) is 3.26. The maximum absolute atomic E-state index is 10.8. The minimum atomic E-state index is -0.101. The summed E-state index contributed by atoms with van der Waals surface area (Å²) in [5.41, 5.74) is 0.736. The van der Waals surface area contributed by atoms with Gasteiger partial charge in [-0.2, -0.15) is 0 Å². The molecule has 11 heavy (non-hydrogen) atoms. The lowest BCUT2D eigenvalue weighted by molar-refractivity contribution is 1.16. The zero-order valence-corrected chi connectivity index (χ0v) is 6.37. The van der Waals surface area contributed by atoms with Crippen molar-refractivity contribution >= 4 is 5.69 Å². The predicted molar refractivity (Wildman–Crippen MR) is 45.7 cm³/mol. The summed E-state index contributed by atoms with van der Waals surface area (Å²) in [6, 6.07) is 3.32. The Morgan fingerprint density at radius 3 is 3.00 bits per heavy atom. The molecule has 0 amide bonds. The molecule has 1 N–H and O–H groups in total. The highest BCUT2D eigenvalue weighted by atomic mass is 16.1. The van der Waals surface area contributed by atoms with Crippen molar-refractivity contribution in [1.29, 1.82) is 0 Å². The largest absolute Gasteiger partial charge is 0.351 e. The number of rotatable bonds is 2. The second-order valence-corrected chi connectivity index (χ2v) is 2.20. The molecule has 0 aromatic carbocycles. The van der Waals surface area contributed by atoms with Crippen molar-refractivity contribution in [2.24, 2.45) is 0 Å². The average Bonchev–Trinajstić information content (AvgIpc) is 2.03. The molecule has 0 radical (unpaired) electrons. The topological polar surface area (TPSA) is 36.1 Å². The number of H-pyrrole nitrogens is 1. The van der Waals surface area contributed by atoms with Crippen LogP contribution in [-0.2, 0) is 0 Å². The average molecular weight is 150 g/mol. The van der Waals surface area contributed by atoms with Crippen LogP contribution in [0.3, 0.4) is 0 Å². The van der Waals surface area contributed by atoms with E-state index in [9.17, 15) is 4.79 Å². The molecule has 0 atom stereocenters. The highest BCUT2D eigenvalue weighted by Gasteiger charge is 1.94. The quantitative estimate of drug-likeness (QED) is 0.681. The highest BCUT2D eigenvalue weighted by Crippen LogP contribution is 2.06. The van der Waals surface area contributed by atoms with Crippen LogP contribution in [0.15, 0.2) is 35.9 Å². The van der Waals surface area contributed by atoms with Crippen molar-refractivity contribution in [1.82, 2.24) is 4.98 Å². The van der Waals surface area contributed by atoms with E-state index in [4.69, 9.17) is 0 Å². The number of aromatic amines is 1. The van der Waals surface area contributed by atoms with Crippen LogP contribution in [0.2, 0.25) is 0 Å². The molecule has 0 aliphatic carbocycles. The fourth-order valence-corrected chi connectivity index (χ4v) is 0.758. The molecule has 1 heterocycles. The summed E-state index contributed by atoms with van der Waals surface area (Å²) < 4.78 is 0. The van der Waals surface area contributed by atoms with Crippen LogP contribution in [-0.4, -0.2) is 12.0 Å². The van der Waals surface area contributed by atoms with Gasteiger partial charge in [0, 0.05) is 25.0 Å². The van der Waals surface area contributed by atoms with Gasteiger partial charge in [-0.25, -0.2) is 0 Å². The Bertz CT molecular complexity index is 303. The Labute approximate surface area is 65.0 Å². The number of anilines is 1. The van der Waals surface area contributed by atoms with Gasteiger partial charge in [0.05, 0.1) is 0 Å². The van der Waals surface area contributed by atoms with Crippen LogP contribution in [0.25, 0.3) is 0 Å². The SMILES string of the molecule is C=CN(C)c1cc[nH]c(=O)c1. The molecule has 0 unspecified atom stereocenters. The third-order valence-electron chi connectivity index (χ3n) is 1.44. The van der Waals surface area contributed by atoms with Gasteiger partial charge in [-0.05, 0) is 12.3 Å². The van der Waals surface area contributed by atoms with Crippen LogP contribution >= 0.6 is 0 Å². The van der Waals surface area contributed by atoms with Crippen LogP contribution in [0.1, 0.15) is 0 Å². The second kappa shape index (κ2) is 3.05. The Morgan fingerprint density at radius 1 is 1.73 bits per heavy atom. The van der Waals surface area contributed by atoms with Crippen LogP contribution < -0.4 is 10.5 Å². The number of nitrogens with one attached hydrogen (secondary N) is 1. The van der Waals surface area contributed by atoms with Gasteiger partial charge in [0.25, 0.3) is 0 Å². The lowest BCUT2D eigenvalue weighted by Crippen LogP contribution is -2.11. The van der Waals surface area contributed by atoms with Gasteiger partial charge >= 0.3 is 0 Å². The second-order valence-electron chi connectivity index (χ2n) is 2.20. The maximum atomic E-state index is 10.8. The van der Waals surface area contributed by atoms with Crippen molar-refractivity contribution in [3.05, 3.63) is 41.5 Å². The Balaban J connectivity index is 3.05. The lowest BCUT2D eigenvalue weighted by atomic mass is 10.4. The first-order valence-corrected chi connectivity index (χ1v) is 3.28. The van der Waals surface area contributed by atoms with E-state index in [1.54, 1.807) is 17.3 Å². The van der Waals surface area contributed by atoms with Gasteiger partial charge in [0.1, 0.15) is 0 Å². The standard InChI is InChI=1S/C8H10N2O/c1-3-10(2)7-4-5-9-8(11)6-7/h3-6H,1H2,2H3,(H,9,11). The number of hydrogen-bond acceptors (Lipinski definition) is 2. The van der Waals surface area contributed by atoms with E-state index >= 15 is 0 Å². The van der Waals surface area contributed by atoms with E-state index in [-0.39, 0.29) is 5.56 Å². The summed E-state index contributed by atoms with van der Waals surface area (Å²) in [5.74, 6) is 0. The van der Waals surface area contributed by atoms with E-state index in [0.29, 0.717) is 0 Å². The summed E-state index contributed by atoms with van der Waals surface area (Å²) in [4.78, 5) is 15.1. The fraction of sp³-hybridized carbons (Fsp3) is 0.125. The normalized spacial score (nSPS) is 9.18. The fourth-order valence-electron chi connectivity index (χ4n) is 0.758. The third kappa shape index (κ3) is 1.70. The molecule has 0 saturated carbocycles. The zero-order chi connectivity index (χ0) is 8.27. The first-order chi connectivity index (χ1) is 5.24. The molecule has 0 fully saturated rings. The number of aromatic nitrogens is 1. The molecule has 58 valence electrons. The lowest BCUT2D eigenvalue weighted by Gasteiger charge is -2.11. The van der Waals surface area contributed by atoms with Crippen molar-refractivity contribution in [2.75, 3.05) is 11.9 Å². The Hall–Kier alpha value is -1.51. The number of pyridine rings is 1. The van der Waals surface area contributed by atoms with Crippen molar-refractivity contribution < 1.29 is 0 Å². The summed E-state index contributed by atoms with van der Waals surface area (Å²) in [7, 11) is 1.84. The smallest absolute Gasteiger partial charge is 0.249 e. The van der Waals surface area contributed by atoms with Gasteiger partial charge in [-0.3, -0.25) is 4.79 Å². The molecule has 1 rings (SSSR count). The van der Waals surface area contributed by atoms with Gasteiger partial charge in [-0.15, -0.1) is 0 Å². The van der Waals surface area contributed by atoms with Crippen LogP contribution in [0, 0.1) is 0 Å². The molecule has 0 saturated heterocycles. The Morgan fingerprint density at radius 2 is 2.45 bits per heavy atom. The predicted octanol–water partition coefficient (Wildman–Crippen LogP) is 0.955. The summed E-state index contributed by atoms with van der Waals surface area (Å²) in [6.45, 7) is 3.58. The first-order valence-electron chi connectivity index (χ1n) is 3.28. The van der Waals surface area contributed by atoms with Gasteiger partial charge in [-0.1, -0.05) is 6.58 Å². The minimum absolute atomic E-state index is 0.101. The van der Waals surface area contributed by atoms with Crippen LogP contribution in [0.5, 0.6) is 0 Å². The zero-order valence-electron chi connectivity index (χ0n) is 6.37. The maximum Gasteiger partial charge on any atom is 0.249 e. The van der Waals surface area contributed by atoms with Gasteiger partial charge in [0.15, 0.2) is 0 Å². The molecule has 0 spiro atoms. The number of nitrogens with zero attached hydrogens (tertiary/aromatic N) is 1. The molecule has 1 aromatic heterocycles. The van der Waals surface area contributed by atoms with Crippen molar-refractivity contribution in [3.8, 4) is 0 Å². The number of hydrogen-bond donors (Lipinski definition) is 1. The molecular formula is C8H10N2O. The minimum Gasteiger partial charge on any atom is -0.351 e. The highest BCUT2D eigenvalue weighted by molar-refractivity contribution is 5.45. The molecule has 3 heteroatoms. The molecule has 0 aliphatic rings. The van der Waals surface area contributed by atoms with Gasteiger partial charge < -0.3 is 9.88 Å². The molecule has 1 aromatic rings. The summed E-state index contributed by atoms with van der Waals surface area (Å²) >= 11 is 0. The van der Waals surface area contributed by atoms with E-state index in [1.807, 2.05) is 13.1 Å². The molecule has 3 nitrogen and oxygen atoms in total. The molecule has 0 aliphatic heterocycles. The molecule has 0 bridgehead atoms.